The first-order chi connectivity index (χ1) is 65.9. The van der Waals surface area contributed by atoms with Crippen LogP contribution in [0.15, 0.2) is 96.7 Å². The zero-order valence-corrected chi connectivity index (χ0v) is 80.1. The molecule has 4 aliphatic heterocycles. The number of nitrogen functional groups attached to an aromatic ring is 1. The second-order valence-electron chi connectivity index (χ2n) is 35.2. The number of methoxy groups -OCH3 is 2. The van der Waals surface area contributed by atoms with Gasteiger partial charge in [0.25, 0.3) is 11.7 Å². The number of anilines is 1. The average molecular weight is 1910 g/mol. The SMILES string of the molecule is CO[C@H]1C[C@@H]2CCC[C@@](O)(O2)C(=O)C(=O)N2CCCC[C@H]2C(=O)O[C@H]([C@H](N)C[C@@H]2CC[C@@H](OC(=O)NCCOCCOCCOCCOCCOCCOCCOCCOCCOCCOCCOCCOCCC(=O)N3CCc4cc(Cn5nc(-c6cnc7[nH]ccc7c6)c6c(N)ncnc65)ccc4C3)[C@H](OC)C2)CC(=O)[C@H](C)/C=C(\C)[C@@H](O)[C@@H](O)C(=O)[C@H](C)C[C@H](C)/C=C/C=C/C=C/1C. The van der Waals surface area contributed by atoms with E-state index in [1.807, 2.05) is 72.1 Å². The molecule has 38 heteroatoms. The van der Waals surface area contributed by atoms with E-state index in [4.69, 9.17) is 97.1 Å². The molecule has 5 aliphatic rings. The van der Waals surface area contributed by atoms with Gasteiger partial charge in [-0.3, -0.25) is 24.0 Å². The number of cyclic esters (lactones) is 1. The number of nitrogens with one attached hydrogen (secondary N) is 2. The smallest absolute Gasteiger partial charge is 0.407 e. The lowest BCUT2D eigenvalue weighted by atomic mass is 9.80. The highest BCUT2D eigenvalue weighted by Gasteiger charge is 2.50. The van der Waals surface area contributed by atoms with Crippen LogP contribution in [-0.4, -0.2) is 349 Å². The van der Waals surface area contributed by atoms with Gasteiger partial charge in [-0.2, -0.15) is 5.10 Å². The molecule has 1 aliphatic carbocycles. The van der Waals surface area contributed by atoms with Crippen LogP contribution in [0.1, 0.15) is 141 Å². The number of aliphatic hydroxyl groups is 3. The maximum Gasteiger partial charge on any atom is 0.407 e. The van der Waals surface area contributed by atoms with Gasteiger partial charge < -0.3 is 127 Å². The lowest BCUT2D eigenvalue weighted by Crippen LogP contribution is -2.58. The quantitative estimate of drug-likeness (QED) is 0.00876. The number of aliphatic hydroxyl groups excluding tert-OH is 2. The largest absolute Gasteiger partial charge is 0.459 e. The number of fused-ring (bicyclic) bond motifs is 6. The minimum absolute atomic E-state index is 0.00347. The third kappa shape index (κ3) is 35.2. The molecule has 14 atom stereocenters. The Kier molecular flexibility index (Phi) is 47.3. The van der Waals surface area contributed by atoms with Crippen LogP contribution in [0, 0.1) is 23.7 Å². The number of aromatic amines is 1. The van der Waals surface area contributed by atoms with E-state index in [0.717, 1.165) is 44.6 Å². The number of amides is 3. The second kappa shape index (κ2) is 58.9. The predicted octanol–water partition coefficient (Wildman–Crippen LogP) is 7.19. The number of hydrogen-bond donors (Lipinski definition) is 7. The number of hydrogen-bond acceptors (Lipinski definition) is 33. The highest BCUT2D eigenvalue weighted by atomic mass is 16.6. The van der Waals surface area contributed by atoms with Crippen molar-refractivity contribution in [1.82, 2.24) is 44.8 Å². The highest BCUT2D eigenvalue weighted by Crippen LogP contribution is 2.37. The van der Waals surface area contributed by atoms with Gasteiger partial charge in [0.05, 0.1) is 195 Å². The number of rotatable bonds is 48. The Morgan fingerprint density at radius 2 is 1.29 bits per heavy atom. The molecule has 0 spiro atoms. The fraction of sp³-hybridized carbons (Fsp3) is 0.663. The van der Waals surface area contributed by atoms with Crippen LogP contribution < -0.4 is 16.8 Å². The summed E-state index contributed by atoms with van der Waals surface area (Å²) in [4.78, 5) is 117. The topological polar surface area (TPSA) is 480 Å². The van der Waals surface area contributed by atoms with Gasteiger partial charge in [-0.15, -0.1) is 0 Å². The molecule has 38 nitrogen and oxygen atoms in total. The van der Waals surface area contributed by atoms with Gasteiger partial charge in [0, 0.05) is 101 Å². The van der Waals surface area contributed by atoms with E-state index >= 15 is 0 Å². The number of ether oxygens (including phenoxy) is 17. The molecule has 2 saturated heterocycles. The van der Waals surface area contributed by atoms with Crippen LogP contribution >= 0.6 is 0 Å². The van der Waals surface area contributed by atoms with Gasteiger partial charge >= 0.3 is 12.1 Å². The van der Waals surface area contributed by atoms with Gasteiger partial charge in [-0.1, -0.05) is 75.4 Å². The number of nitrogens with zero attached hydrogens (tertiary/aromatic N) is 7. The van der Waals surface area contributed by atoms with E-state index in [1.165, 1.54) is 32.0 Å². The molecule has 5 aromatic rings. The van der Waals surface area contributed by atoms with Crippen LogP contribution in [0.4, 0.5) is 10.6 Å². The number of nitrogens with two attached hydrogens (primary N) is 2. The van der Waals surface area contributed by atoms with Gasteiger partial charge in [0.15, 0.2) is 11.4 Å². The van der Waals surface area contributed by atoms with Crippen LogP contribution in [0.3, 0.4) is 0 Å². The van der Waals surface area contributed by atoms with Crippen molar-refractivity contribution in [2.75, 3.05) is 198 Å². The van der Waals surface area contributed by atoms with Crippen LogP contribution in [-0.2, 0) is 129 Å². The zero-order chi connectivity index (χ0) is 97.0. The second-order valence-corrected chi connectivity index (χ2v) is 35.2. The molecular weight excluding hydrogens is 1760 g/mol. The molecule has 136 heavy (non-hydrogen) atoms. The van der Waals surface area contributed by atoms with Crippen molar-refractivity contribution >= 4 is 69.1 Å². The van der Waals surface area contributed by atoms with E-state index in [2.05, 4.69) is 43.5 Å². The predicted molar refractivity (Wildman–Crippen MR) is 501 cm³/mol. The maximum absolute atomic E-state index is 14.6. The summed E-state index contributed by atoms with van der Waals surface area (Å²) in [7, 11) is 3.06. The average Bonchev–Trinajstić information content (AvgIpc) is 1.62. The highest BCUT2D eigenvalue weighted by molar-refractivity contribution is 6.39. The normalized spacial score (nSPS) is 25.4. The van der Waals surface area contributed by atoms with Gasteiger partial charge in [-0.05, 0) is 136 Å². The summed E-state index contributed by atoms with van der Waals surface area (Å²) < 4.78 is 99.0. The number of aromatic nitrogens is 6. The Bertz CT molecular complexity index is 4640. The Hall–Kier alpha value is -8.85. The van der Waals surface area contributed by atoms with Gasteiger partial charge in [-0.25, -0.2) is 29.2 Å². The molecule has 0 unspecified atom stereocenters. The van der Waals surface area contributed by atoms with Crippen molar-refractivity contribution in [1.29, 1.82) is 0 Å². The summed E-state index contributed by atoms with van der Waals surface area (Å²) in [6.45, 7) is 19.8. The number of esters is 1. The minimum atomic E-state index is -2.47. The lowest BCUT2D eigenvalue weighted by Gasteiger charge is -2.40. The molecule has 1 saturated carbocycles. The van der Waals surface area contributed by atoms with Crippen molar-refractivity contribution in [2.45, 2.75) is 205 Å². The first kappa shape index (κ1) is 109. The van der Waals surface area contributed by atoms with Crippen molar-refractivity contribution in [3.63, 3.8) is 0 Å². The van der Waals surface area contributed by atoms with E-state index in [1.54, 1.807) is 27.2 Å². The molecule has 8 heterocycles. The van der Waals surface area contributed by atoms with Crippen molar-refractivity contribution in [2.24, 2.45) is 29.4 Å². The number of ketones is 3. The Morgan fingerprint density at radius 3 is 1.91 bits per heavy atom. The Balaban J connectivity index is 0.492. The maximum atomic E-state index is 14.6. The molecule has 754 valence electrons. The fourth-order valence-corrected chi connectivity index (χ4v) is 17.3. The van der Waals surface area contributed by atoms with Gasteiger partial charge in [0.1, 0.15) is 59.7 Å². The first-order valence-corrected chi connectivity index (χ1v) is 48.0. The fourth-order valence-electron chi connectivity index (χ4n) is 17.3. The third-order valence-electron chi connectivity index (χ3n) is 25.0. The number of pyridine rings is 1. The van der Waals surface area contributed by atoms with Crippen LogP contribution in [0.5, 0.6) is 0 Å². The lowest BCUT2D eigenvalue weighted by molar-refractivity contribution is -0.245. The molecule has 4 aromatic heterocycles. The molecule has 1 aromatic carbocycles. The summed E-state index contributed by atoms with van der Waals surface area (Å²) in [6, 6.07) is 8.11. The number of allylic oxidation sites excluding steroid dienone is 6. The Labute approximate surface area is 796 Å². The van der Waals surface area contributed by atoms with E-state index in [-0.39, 0.29) is 75.3 Å². The Morgan fingerprint density at radius 1 is 0.662 bits per heavy atom. The molecule has 3 fully saturated rings. The van der Waals surface area contributed by atoms with Crippen LogP contribution in [0.25, 0.3) is 33.3 Å². The summed E-state index contributed by atoms with van der Waals surface area (Å²) in [5.74, 6) is -8.05. The molecule has 2 bridgehead atoms. The standard InChI is InChI=1S/C98H145N11O27/c1-66-14-9-8-10-15-67(2)82(120-6)60-77-16-13-25-98(119,136-77)91(115)95(116)108-28-12-11-17-79(108)96(117)134-83(61-80(110)68(3)55-70(5)89(113)90(114)88(112)69(4)54-66)78(99)57-71-19-21-81(84(58-71)121-7)135-97(118)102-27-31-123-33-35-125-37-39-127-41-43-129-45-47-131-49-51-133-53-52-132-50-48-130-46-44-128-42-40-126-38-36-124-34-32-122-30-24-85(111)107-29-23-73-56-72(18-20-75(73)64-107)63-109-94-86(92(100)104-65-105-94)87(106-109)76-59-74-22-26-101-93(74)103-62-76/h8-10,14-15,18,20,22,26,55-56,59,62,65-66,68-69,71,77-79,81-84,89-90,113-114,119H,11-13,16-17,19,21,23-25,27-54,57-58,60-61,63-64,99H2,1-7H3,(H,101,103)(H,102,118)(H2,100,104,105)/b10-8+,14-9+,67-15+,70-55+/t66-,68-,69-,71+,77+,78-,79+,81-,82+,83+,84-,89-,90+,98-/m1/s1. The number of carbonyl (C=O) groups is 7. The van der Waals surface area contributed by atoms with Crippen molar-refractivity contribution in [3.05, 3.63) is 113 Å². The van der Waals surface area contributed by atoms with Gasteiger partial charge in [0.2, 0.25) is 11.7 Å². The number of alkyl carbamates (subject to hydrolysis) is 1. The molecular formula is C98H145N11O27. The number of H-pyrrole nitrogens is 1. The molecule has 3 amide bonds. The minimum Gasteiger partial charge on any atom is -0.459 e. The summed E-state index contributed by atoms with van der Waals surface area (Å²) in [6.07, 6.45) is 12.8. The van der Waals surface area contributed by atoms with Crippen molar-refractivity contribution in [3.8, 4) is 11.3 Å². The van der Waals surface area contributed by atoms with Crippen molar-refractivity contribution < 1.29 is 129 Å². The third-order valence-corrected chi connectivity index (χ3v) is 25.0. The number of benzene rings is 1. The summed E-state index contributed by atoms with van der Waals surface area (Å²) in [5, 5.41) is 43.6. The number of Topliss-reactive ketones (excluding diaryl/α,β-unsaturated/α-hetero) is 3. The monoisotopic (exact) mass is 1910 g/mol. The molecule has 10 rings (SSSR count). The molecule has 0 radical (unpaired) electrons. The van der Waals surface area contributed by atoms with E-state index in [9.17, 15) is 48.9 Å². The van der Waals surface area contributed by atoms with E-state index < -0.39 is 114 Å². The summed E-state index contributed by atoms with van der Waals surface area (Å²) >= 11 is 0. The summed E-state index contributed by atoms with van der Waals surface area (Å²) in [5.41, 5.74) is 20.7. The number of carbonyl (C=O) groups excluding carboxylic acids is 7. The zero-order valence-electron chi connectivity index (χ0n) is 80.1. The van der Waals surface area contributed by atoms with E-state index in [0.29, 0.717) is 245 Å². The number of piperidine rings is 1. The first-order valence-electron chi connectivity index (χ1n) is 48.0. The molecule has 9 N–H and O–H groups in total. The van der Waals surface area contributed by atoms with Crippen LogP contribution in [0.2, 0.25) is 0 Å².